The van der Waals surface area contributed by atoms with Crippen LogP contribution in [0.25, 0.3) is 0 Å². The minimum atomic E-state index is 0.518. The SMILES string of the molecule is CCNC(=NCc1ncc(C)s1)NCCCOCc1ccco1. The van der Waals surface area contributed by atoms with Crippen molar-refractivity contribution in [2.45, 2.75) is 33.4 Å². The highest BCUT2D eigenvalue weighted by Gasteiger charge is 2.01. The van der Waals surface area contributed by atoms with Gasteiger partial charge in [0.05, 0.1) is 12.8 Å². The number of furan rings is 1. The standard InChI is InChI=1S/C16H24N4O2S/c1-3-17-16(20-11-15-19-10-13(2)23-15)18-7-5-8-21-12-14-6-4-9-22-14/h4,6,9-10H,3,5,7-8,11-12H2,1-2H3,(H2,17,18,20). The monoisotopic (exact) mass is 336 g/mol. The average molecular weight is 336 g/mol. The van der Waals surface area contributed by atoms with Crippen molar-refractivity contribution in [1.82, 2.24) is 15.6 Å². The Kier molecular flexibility index (Phi) is 7.62. The molecule has 6 nitrogen and oxygen atoms in total. The molecule has 0 bridgehead atoms. The van der Waals surface area contributed by atoms with Gasteiger partial charge in [-0.3, -0.25) is 0 Å². The molecule has 0 amide bonds. The summed E-state index contributed by atoms with van der Waals surface area (Å²) < 4.78 is 10.8. The molecule has 0 aromatic carbocycles. The van der Waals surface area contributed by atoms with Gasteiger partial charge in [-0.1, -0.05) is 0 Å². The topological polar surface area (TPSA) is 71.7 Å². The van der Waals surface area contributed by atoms with E-state index in [2.05, 4.69) is 34.5 Å². The van der Waals surface area contributed by atoms with Gasteiger partial charge in [0.15, 0.2) is 5.96 Å². The molecular formula is C16H24N4O2S. The van der Waals surface area contributed by atoms with Crippen molar-refractivity contribution in [3.05, 3.63) is 40.2 Å². The van der Waals surface area contributed by atoms with Gasteiger partial charge in [0.25, 0.3) is 0 Å². The molecule has 7 heteroatoms. The molecule has 0 spiro atoms. The number of hydrogen-bond donors (Lipinski definition) is 2. The normalized spacial score (nSPS) is 11.7. The van der Waals surface area contributed by atoms with E-state index in [1.807, 2.05) is 18.3 Å². The number of ether oxygens (including phenoxy) is 1. The van der Waals surface area contributed by atoms with Crippen molar-refractivity contribution in [2.24, 2.45) is 4.99 Å². The Balaban J connectivity index is 1.63. The summed E-state index contributed by atoms with van der Waals surface area (Å²) in [6, 6.07) is 3.78. The molecule has 2 rings (SSSR count). The van der Waals surface area contributed by atoms with Gasteiger partial charge in [-0.2, -0.15) is 0 Å². The Labute approximate surface area is 141 Å². The van der Waals surface area contributed by atoms with E-state index < -0.39 is 0 Å². The Morgan fingerprint density at radius 3 is 3.04 bits per heavy atom. The van der Waals surface area contributed by atoms with Crippen molar-refractivity contribution in [2.75, 3.05) is 19.7 Å². The van der Waals surface area contributed by atoms with Crippen LogP contribution in [0.3, 0.4) is 0 Å². The summed E-state index contributed by atoms with van der Waals surface area (Å²) in [6.07, 6.45) is 4.44. The lowest BCUT2D eigenvalue weighted by molar-refractivity contribution is 0.105. The fraction of sp³-hybridized carbons (Fsp3) is 0.500. The van der Waals surface area contributed by atoms with Crippen molar-refractivity contribution in [3.8, 4) is 0 Å². The third kappa shape index (κ3) is 6.83. The third-order valence-electron chi connectivity index (χ3n) is 2.97. The van der Waals surface area contributed by atoms with Crippen molar-refractivity contribution in [3.63, 3.8) is 0 Å². The molecule has 0 aliphatic rings. The minimum absolute atomic E-state index is 0.518. The lowest BCUT2D eigenvalue weighted by Crippen LogP contribution is -2.38. The highest BCUT2D eigenvalue weighted by molar-refractivity contribution is 7.11. The zero-order chi connectivity index (χ0) is 16.3. The zero-order valence-corrected chi connectivity index (χ0v) is 14.5. The van der Waals surface area contributed by atoms with E-state index in [0.717, 1.165) is 36.2 Å². The first-order valence-corrected chi connectivity index (χ1v) is 8.63. The average Bonchev–Trinajstić information content (AvgIpc) is 3.19. The van der Waals surface area contributed by atoms with Crippen molar-refractivity contribution < 1.29 is 9.15 Å². The molecule has 2 heterocycles. The second-order valence-electron chi connectivity index (χ2n) is 4.97. The molecule has 0 aliphatic heterocycles. The van der Waals surface area contributed by atoms with E-state index in [9.17, 15) is 0 Å². The number of nitrogens with one attached hydrogen (secondary N) is 2. The number of thiazole rings is 1. The van der Waals surface area contributed by atoms with Gasteiger partial charge in [-0.15, -0.1) is 11.3 Å². The molecule has 2 aromatic rings. The number of guanidine groups is 1. The van der Waals surface area contributed by atoms with Gasteiger partial charge in [-0.25, -0.2) is 9.98 Å². The van der Waals surface area contributed by atoms with Crippen LogP contribution in [0.2, 0.25) is 0 Å². The summed E-state index contributed by atoms with van der Waals surface area (Å²) in [5.41, 5.74) is 0. The summed E-state index contributed by atoms with van der Waals surface area (Å²) in [4.78, 5) is 10.1. The third-order valence-corrected chi connectivity index (χ3v) is 3.87. The molecule has 0 radical (unpaired) electrons. The van der Waals surface area contributed by atoms with Crippen LogP contribution in [0.1, 0.15) is 29.0 Å². The van der Waals surface area contributed by atoms with Crippen LogP contribution in [-0.2, 0) is 17.9 Å². The Morgan fingerprint density at radius 2 is 2.35 bits per heavy atom. The lowest BCUT2D eigenvalue weighted by atomic mass is 10.4. The molecule has 2 N–H and O–H groups in total. The number of aliphatic imine (C=N–C) groups is 1. The van der Waals surface area contributed by atoms with Crippen LogP contribution >= 0.6 is 11.3 Å². The van der Waals surface area contributed by atoms with Crippen LogP contribution in [0.4, 0.5) is 0 Å². The van der Waals surface area contributed by atoms with Crippen molar-refractivity contribution in [1.29, 1.82) is 0 Å². The zero-order valence-electron chi connectivity index (χ0n) is 13.7. The second kappa shape index (κ2) is 10.0. The van der Waals surface area contributed by atoms with E-state index in [1.165, 1.54) is 4.88 Å². The van der Waals surface area contributed by atoms with Gasteiger partial charge in [0.1, 0.15) is 17.4 Å². The molecule has 126 valence electrons. The van der Waals surface area contributed by atoms with Gasteiger partial charge in [0, 0.05) is 30.8 Å². The first-order valence-electron chi connectivity index (χ1n) is 7.81. The second-order valence-corrected chi connectivity index (χ2v) is 6.29. The number of aryl methyl sites for hydroxylation is 1. The number of nitrogens with zero attached hydrogens (tertiary/aromatic N) is 2. The summed E-state index contributed by atoms with van der Waals surface area (Å²) in [7, 11) is 0. The van der Waals surface area contributed by atoms with Crippen LogP contribution < -0.4 is 10.6 Å². The van der Waals surface area contributed by atoms with Crippen LogP contribution in [-0.4, -0.2) is 30.6 Å². The van der Waals surface area contributed by atoms with Gasteiger partial charge < -0.3 is 19.8 Å². The molecule has 0 fully saturated rings. The Hall–Kier alpha value is -1.86. The summed E-state index contributed by atoms with van der Waals surface area (Å²) in [5, 5.41) is 7.57. The van der Waals surface area contributed by atoms with Crippen LogP contribution in [0.5, 0.6) is 0 Å². The van der Waals surface area contributed by atoms with E-state index in [4.69, 9.17) is 9.15 Å². The van der Waals surface area contributed by atoms with Gasteiger partial charge in [-0.05, 0) is 32.4 Å². The number of hydrogen-bond acceptors (Lipinski definition) is 5. The molecule has 23 heavy (non-hydrogen) atoms. The fourth-order valence-corrected chi connectivity index (χ4v) is 2.62. The molecule has 0 unspecified atom stereocenters. The lowest BCUT2D eigenvalue weighted by Gasteiger charge is -2.10. The van der Waals surface area contributed by atoms with Crippen molar-refractivity contribution >= 4 is 17.3 Å². The van der Waals surface area contributed by atoms with E-state index in [1.54, 1.807) is 17.6 Å². The van der Waals surface area contributed by atoms with E-state index in [-0.39, 0.29) is 0 Å². The smallest absolute Gasteiger partial charge is 0.191 e. The van der Waals surface area contributed by atoms with Crippen LogP contribution in [0, 0.1) is 6.92 Å². The van der Waals surface area contributed by atoms with Crippen LogP contribution in [0.15, 0.2) is 34.0 Å². The predicted molar refractivity (Wildman–Crippen MR) is 92.7 cm³/mol. The molecular weight excluding hydrogens is 312 g/mol. The predicted octanol–water partition coefficient (Wildman–Crippen LogP) is 2.71. The van der Waals surface area contributed by atoms with E-state index in [0.29, 0.717) is 19.8 Å². The van der Waals surface area contributed by atoms with E-state index >= 15 is 0 Å². The first-order chi connectivity index (χ1) is 11.3. The molecule has 0 saturated heterocycles. The first kappa shape index (κ1) is 17.5. The summed E-state index contributed by atoms with van der Waals surface area (Å²) in [5.74, 6) is 1.66. The maximum absolute atomic E-state index is 5.55. The number of aromatic nitrogens is 1. The maximum Gasteiger partial charge on any atom is 0.191 e. The number of rotatable bonds is 9. The van der Waals surface area contributed by atoms with Gasteiger partial charge >= 0.3 is 0 Å². The quantitative estimate of drug-likeness (QED) is 0.418. The molecule has 0 atom stereocenters. The minimum Gasteiger partial charge on any atom is -0.467 e. The summed E-state index contributed by atoms with van der Waals surface area (Å²) in [6.45, 7) is 7.54. The Morgan fingerprint density at radius 1 is 1.43 bits per heavy atom. The highest BCUT2D eigenvalue weighted by Crippen LogP contribution is 2.11. The van der Waals surface area contributed by atoms with Gasteiger partial charge in [0.2, 0.25) is 0 Å². The molecule has 0 saturated carbocycles. The summed E-state index contributed by atoms with van der Waals surface area (Å²) >= 11 is 1.68. The maximum atomic E-state index is 5.55. The molecule has 0 aliphatic carbocycles. The largest absolute Gasteiger partial charge is 0.467 e. The fourth-order valence-electron chi connectivity index (χ4n) is 1.91. The Bertz CT molecular complexity index is 581. The molecule has 2 aromatic heterocycles. The highest BCUT2D eigenvalue weighted by atomic mass is 32.1.